The molecule has 0 saturated carbocycles. The Morgan fingerprint density at radius 2 is 1.72 bits per heavy atom. The molecule has 2 amide bonds. The minimum Gasteiger partial charge on any atom is -0.266 e. The van der Waals surface area contributed by atoms with E-state index in [1.54, 1.807) is 24.3 Å². The summed E-state index contributed by atoms with van der Waals surface area (Å²) in [7, 11) is 0. The molecule has 0 aromatic heterocycles. The summed E-state index contributed by atoms with van der Waals surface area (Å²) in [5, 5.41) is 0.731. The van der Waals surface area contributed by atoms with Gasteiger partial charge in [0.2, 0.25) is 0 Å². The lowest BCUT2D eigenvalue weighted by atomic mass is 10.1. The van der Waals surface area contributed by atoms with Gasteiger partial charge in [-0.05, 0) is 12.1 Å². The normalized spacial score (nSPS) is 12.7. The van der Waals surface area contributed by atoms with E-state index in [-0.39, 0.29) is 6.61 Å². The number of rotatable bonds is 2. The van der Waals surface area contributed by atoms with Gasteiger partial charge in [-0.3, -0.25) is 9.59 Å². The Hall–Kier alpha value is -2.56. The third-order valence-corrected chi connectivity index (χ3v) is 2.34. The molecule has 1 aromatic rings. The molecule has 1 aliphatic rings. The zero-order valence-electron chi connectivity index (χ0n) is 9.47. The second-order valence-electron chi connectivity index (χ2n) is 3.46. The zero-order chi connectivity index (χ0) is 13.0. The molecule has 0 bridgehead atoms. The van der Waals surface area contributed by atoms with Crippen LogP contribution in [0.4, 0.5) is 0 Å². The summed E-state index contributed by atoms with van der Waals surface area (Å²) < 4.78 is 0. The second kappa shape index (κ2) is 5.18. The van der Waals surface area contributed by atoms with E-state index in [1.165, 1.54) is 0 Å². The van der Waals surface area contributed by atoms with Gasteiger partial charge < -0.3 is 0 Å². The highest BCUT2D eigenvalue weighted by Crippen LogP contribution is 2.22. The first-order valence-electron chi connectivity index (χ1n) is 5.25. The second-order valence-corrected chi connectivity index (χ2v) is 3.46. The molecule has 0 aliphatic carbocycles. The van der Waals surface area contributed by atoms with Gasteiger partial charge in [0, 0.05) is 0 Å². The van der Waals surface area contributed by atoms with Crippen LogP contribution in [0.1, 0.15) is 27.1 Å². The summed E-state index contributed by atoms with van der Waals surface area (Å²) in [6.07, 6.45) is 5.33. The van der Waals surface area contributed by atoms with Gasteiger partial charge in [0.05, 0.1) is 17.5 Å². The van der Waals surface area contributed by atoms with E-state index < -0.39 is 11.8 Å². The topological polar surface area (TPSA) is 46.6 Å². The van der Waals surface area contributed by atoms with Crippen molar-refractivity contribution in [1.82, 2.24) is 5.06 Å². The Labute approximate surface area is 104 Å². The van der Waals surface area contributed by atoms with Crippen LogP contribution in [0.3, 0.4) is 0 Å². The molecule has 0 radical (unpaired) electrons. The molecular weight excluding hydrogens is 230 g/mol. The summed E-state index contributed by atoms with van der Waals surface area (Å²) in [6.45, 7) is -0.0485. The maximum Gasteiger partial charge on any atom is 0.285 e. The molecule has 0 spiro atoms. The third kappa shape index (κ3) is 2.10. The summed E-state index contributed by atoms with van der Waals surface area (Å²) >= 11 is 0. The predicted octanol–water partition coefficient (Wildman–Crippen LogP) is 1.24. The molecule has 0 saturated heterocycles. The molecule has 1 aromatic carbocycles. The van der Waals surface area contributed by atoms with Crippen molar-refractivity contribution in [3.8, 4) is 24.2 Å². The highest BCUT2D eigenvalue weighted by Gasteiger charge is 2.36. The lowest BCUT2D eigenvalue weighted by Gasteiger charge is -2.10. The van der Waals surface area contributed by atoms with E-state index in [4.69, 9.17) is 11.3 Å². The van der Waals surface area contributed by atoms with Crippen LogP contribution in [0.15, 0.2) is 24.3 Å². The fourth-order valence-electron chi connectivity index (χ4n) is 1.55. The van der Waals surface area contributed by atoms with Crippen molar-refractivity contribution in [3.63, 3.8) is 0 Å². The van der Waals surface area contributed by atoms with Crippen LogP contribution in [0.2, 0.25) is 0 Å². The largest absolute Gasteiger partial charge is 0.285 e. The lowest BCUT2D eigenvalue weighted by molar-refractivity contribution is -0.0782. The van der Waals surface area contributed by atoms with Crippen LogP contribution in [0, 0.1) is 24.2 Å². The van der Waals surface area contributed by atoms with Crippen molar-refractivity contribution in [3.05, 3.63) is 35.4 Å². The summed E-state index contributed by atoms with van der Waals surface area (Å²) in [4.78, 5) is 28.7. The number of carbonyl (C=O) groups excluding carboxylic acids is 2. The smallest absolute Gasteiger partial charge is 0.266 e. The molecule has 1 heterocycles. The number of carbonyl (C=O) groups is 2. The van der Waals surface area contributed by atoms with Gasteiger partial charge in [0.25, 0.3) is 11.8 Å². The number of amides is 2. The van der Waals surface area contributed by atoms with Crippen LogP contribution < -0.4 is 0 Å². The van der Waals surface area contributed by atoms with Crippen molar-refractivity contribution in [2.24, 2.45) is 0 Å². The Balaban J connectivity index is 2.06. The minimum absolute atomic E-state index is 0.0485. The zero-order valence-corrected chi connectivity index (χ0v) is 9.47. The van der Waals surface area contributed by atoms with Gasteiger partial charge in [0.1, 0.15) is 6.61 Å². The molecule has 4 heteroatoms. The van der Waals surface area contributed by atoms with Crippen LogP contribution in [-0.2, 0) is 4.84 Å². The van der Waals surface area contributed by atoms with Crippen LogP contribution in [0.25, 0.3) is 0 Å². The fraction of sp³-hybridized carbons (Fsp3) is 0.143. The van der Waals surface area contributed by atoms with E-state index in [2.05, 4.69) is 17.8 Å². The van der Waals surface area contributed by atoms with E-state index in [0.29, 0.717) is 17.5 Å². The van der Waals surface area contributed by atoms with Crippen LogP contribution in [-0.4, -0.2) is 23.5 Å². The number of benzene rings is 1. The first-order chi connectivity index (χ1) is 8.75. The van der Waals surface area contributed by atoms with Crippen LogP contribution >= 0.6 is 0 Å². The van der Waals surface area contributed by atoms with E-state index in [0.717, 1.165) is 5.06 Å². The number of terminal acetylenes is 1. The van der Waals surface area contributed by atoms with Crippen molar-refractivity contribution < 1.29 is 14.4 Å². The molecule has 18 heavy (non-hydrogen) atoms. The highest BCUT2D eigenvalue weighted by atomic mass is 16.7. The number of hydrogen-bond donors (Lipinski definition) is 0. The molecular formula is C14H9NO3. The number of nitrogens with zero attached hydrogens (tertiary/aromatic N) is 1. The average molecular weight is 239 g/mol. The van der Waals surface area contributed by atoms with E-state index >= 15 is 0 Å². The number of hydrogen-bond acceptors (Lipinski definition) is 3. The molecule has 4 nitrogen and oxygen atoms in total. The van der Waals surface area contributed by atoms with Crippen molar-refractivity contribution >= 4 is 11.8 Å². The Morgan fingerprint density at radius 1 is 1.11 bits per heavy atom. The summed E-state index contributed by atoms with van der Waals surface area (Å²) in [6, 6.07) is 6.56. The van der Waals surface area contributed by atoms with Gasteiger partial charge in [-0.15, -0.1) is 11.5 Å². The maximum absolute atomic E-state index is 11.8. The quantitative estimate of drug-likeness (QED) is 0.576. The fourth-order valence-corrected chi connectivity index (χ4v) is 1.55. The minimum atomic E-state index is -0.464. The average Bonchev–Trinajstić information content (AvgIpc) is 2.64. The SMILES string of the molecule is C#CCC#CCON1C(=O)c2ccccc2C1=O. The Morgan fingerprint density at radius 3 is 2.28 bits per heavy atom. The molecule has 88 valence electrons. The van der Waals surface area contributed by atoms with Gasteiger partial charge in [-0.1, -0.05) is 29.9 Å². The first-order valence-corrected chi connectivity index (χ1v) is 5.25. The molecule has 1 aliphatic heterocycles. The molecule has 2 rings (SSSR count). The number of fused-ring (bicyclic) bond motifs is 1. The molecule has 0 fully saturated rings. The number of hydroxylamine groups is 2. The Bertz CT molecular complexity index is 566. The van der Waals surface area contributed by atoms with Gasteiger partial charge in [-0.25, -0.2) is 4.84 Å². The highest BCUT2D eigenvalue weighted by molar-refractivity contribution is 6.20. The van der Waals surface area contributed by atoms with E-state index in [1.807, 2.05) is 0 Å². The number of imide groups is 1. The first kappa shape index (κ1) is 11.9. The molecule has 0 unspecified atom stereocenters. The molecule has 0 atom stereocenters. The van der Waals surface area contributed by atoms with Crippen LogP contribution in [0.5, 0.6) is 0 Å². The third-order valence-electron chi connectivity index (χ3n) is 2.34. The van der Waals surface area contributed by atoms with Crippen molar-refractivity contribution in [2.45, 2.75) is 6.42 Å². The van der Waals surface area contributed by atoms with Crippen molar-refractivity contribution in [1.29, 1.82) is 0 Å². The van der Waals surface area contributed by atoms with Gasteiger partial charge in [0.15, 0.2) is 0 Å². The lowest BCUT2D eigenvalue weighted by Crippen LogP contribution is -2.30. The molecule has 0 N–H and O–H groups in total. The summed E-state index contributed by atoms with van der Waals surface area (Å²) in [5.41, 5.74) is 0.693. The van der Waals surface area contributed by atoms with Crippen molar-refractivity contribution in [2.75, 3.05) is 6.61 Å². The van der Waals surface area contributed by atoms with E-state index in [9.17, 15) is 9.59 Å². The van der Waals surface area contributed by atoms with Gasteiger partial charge in [-0.2, -0.15) is 0 Å². The predicted molar refractivity (Wildman–Crippen MR) is 64.1 cm³/mol. The monoisotopic (exact) mass is 239 g/mol. The Kier molecular flexibility index (Phi) is 3.43. The standard InChI is InChI=1S/C14H9NO3/c1-2-3-4-7-10-18-15-13(16)11-8-5-6-9-12(11)14(15)17/h1,5-6,8-9H,3,10H2. The van der Waals surface area contributed by atoms with Gasteiger partial charge >= 0.3 is 0 Å². The summed E-state index contributed by atoms with van der Waals surface area (Å²) in [5.74, 6) is 6.69. The maximum atomic E-state index is 11.8.